The number of nitrogens with zero attached hydrogens (tertiary/aromatic N) is 2. The second-order valence-electron chi connectivity index (χ2n) is 9.55. The Morgan fingerprint density at radius 1 is 1.15 bits per heavy atom. The van der Waals surface area contributed by atoms with E-state index in [4.69, 9.17) is 4.74 Å². The fourth-order valence-corrected chi connectivity index (χ4v) is 4.88. The summed E-state index contributed by atoms with van der Waals surface area (Å²) in [5.41, 5.74) is 2.46. The van der Waals surface area contributed by atoms with E-state index in [0.717, 1.165) is 12.6 Å². The molecular formula is C27H35F3N2O2. The summed E-state index contributed by atoms with van der Waals surface area (Å²) >= 11 is 0. The van der Waals surface area contributed by atoms with E-state index in [0.29, 0.717) is 38.3 Å². The SMILES string of the molecule is COCCN(C[C@@H]1CN(Cc2cccc(C(F)(F)F)c2)C[C@@H]1c1ccccc1C)C(=O)C(C)C. The first-order chi connectivity index (χ1) is 16.1. The third kappa shape index (κ3) is 6.60. The number of alkyl halides is 3. The predicted molar refractivity (Wildman–Crippen MR) is 127 cm³/mol. The van der Waals surface area contributed by atoms with E-state index in [-0.39, 0.29) is 23.7 Å². The van der Waals surface area contributed by atoms with Crippen molar-refractivity contribution < 1.29 is 22.7 Å². The highest BCUT2D eigenvalue weighted by Crippen LogP contribution is 2.36. The highest BCUT2D eigenvalue weighted by Gasteiger charge is 2.37. The van der Waals surface area contributed by atoms with Crippen LogP contribution in [0.1, 0.15) is 42.0 Å². The number of rotatable bonds is 9. The third-order valence-electron chi connectivity index (χ3n) is 6.59. The second-order valence-corrected chi connectivity index (χ2v) is 9.55. The summed E-state index contributed by atoms with van der Waals surface area (Å²) in [7, 11) is 1.63. The molecule has 1 amide bonds. The molecule has 0 N–H and O–H groups in total. The molecule has 1 fully saturated rings. The minimum absolute atomic E-state index is 0.0944. The van der Waals surface area contributed by atoms with E-state index in [1.165, 1.54) is 23.3 Å². The monoisotopic (exact) mass is 476 g/mol. The lowest BCUT2D eigenvalue weighted by Crippen LogP contribution is -2.41. The van der Waals surface area contributed by atoms with Crippen molar-refractivity contribution >= 4 is 5.91 Å². The number of likely N-dealkylation sites (tertiary alicyclic amines) is 1. The molecule has 0 spiro atoms. The molecule has 2 aromatic carbocycles. The molecule has 0 aromatic heterocycles. The van der Waals surface area contributed by atoms with Crippen LogP contribution < -0.4 is 0 Å². The largest absolute Gasteiger partial charge is 0.416 e. The number of hydrogen-bond donors (Lipinski definition) is 0. The number of carbonyl (C=O) groups is 1. The topological polar surface area (TPSA) is 32.8 Å². The molecule has 186 valence electrons. The van der Waals surface area contributed by atoms with Gasteiger partial charge in [0.15, 0.2) is 0 Å². The van der Waals surface area contributed by atoms with Crippen LogP contribution in [-0.2, 0) is 22.3 Å². The van der Waals surface area contributed by atoms with E-state index in [9.17, 15) is 18.0 Å². The van der Waals surface area contributed by atoms with Gasteiger partial charge in [-0.05, 0) is 35.6 Å². The molecule has 0 saturated carbocycles. The normalized spacial score (nSPS) is 19.1. The van der Waals surface area contributed by atoms with Gasteiger partial charge in [-0.1, -0.05) is 56.3 Å². The standard InChI is InChI=1S/C27H35F3N2O2/c1-19(2)26(33)32(12-13-34-4)17-22-16-31(18-25(22)24-11-6-5-8-20(24)3)15-21-9-7-10-23(14-21)27(28,29)30/h5-11,14,19,22,25H,12-13,15-18H2,1-4H3/t22-,25-/m0/s1. The highest BCUT2D eigenvalue weighted by molar-refractivity contribution is 5.78. The van der Waals surface area contributed by atoms with E-state index in [1.54, 1.807) is 13.2 Å². The molecule has 0 radical (unpaired) electrons. The van der Waals surface area contributed by atoms with Gasteiger partial charge in [-0.2, -0.15) is 13.2 Å². The van der Waals surface area contributed by atoms with Crippen LogP contribution in [0.15, 0.2) is 48.5 Å². The summed E-state index contributed by atoms with van der Waals surface area (Å²) < 4.78 is 44.8. The Balaban J connectivity index is 1.84. The number of carbonyl (C=O) groups excluding carboxylic acids is 1. The fraction of sp³-hybridized carbons (Fsp3) is 0.519. The van der Waals surface area contributed by atoms with Crippen LogP contribution >= 0.6 is 0 Å². The van der Waals surface area contributed by atoms with Crippen molar-refractivity contribution in [3.63, 3.8) is 0 Å². The smallest absolute Gasteiger partial charge is 0.383 e. The van der Waals surface area contributed by atoms with Crippen molar-refractivity contribution in [2.75, 3.05) is 39.9 Å². The lowest BCUT2D eigenvalue weighted by molar-refractivity contribution is -0.137. The Hall–Kier alpha value is -2.38. The molecule has 1 saturated heterocycles. The van der Waals surface area contributed by atoms with Crippen molar-refractivity contribution in [1.82, 2.24) is 9.80 Å². The molecule has 1 heterocycles. The molecule has 1 aliphatic heterocycles. The highest BCUT2D eigenvalue weighted by atomic mass is 19.4. The lowest BCUT2D eigenvalue weighted by Gasteiger charge is -2.30. The molecule has 7 heteroatoms. The zero-order chi connectivity index (χ0) is 24.9. The summed E-state index contributed by atoms with van der Waals surface area (Å²) in [5, 5.41) is 0. The molecule has 0 aliphatic carbocycles. The van der Waals surface area contributed by atoms with Gasteiger partial charge in [0, 0.05) is 51.7 Å². The molecule has 0 unspecified atom stereocenters. The van der Waals surface area contributed by atoms with Crippen molar-refractivity contribution in [3.05, 3.63) is 70.8 Å². The predicted octanol–water partition coefficient (Wildman–Crippen LogP) is 5.36. The van der Waals surface area contributed by atoms with Crippen molar-refractivity contribution in [2.45, 2.75) is 39.4 Å². The Kier molecular flexibility index (Phi) is 8.77. The maximum atomic E-state index is 13.2. The van der Waals surface area contributed by atoms with E-state index < -0.39 is 11.7 Å². The number of ether oxygens (including phenoxy) is 1. The number of methoxy groups -OCH3 is 1. The molecular weight excluding hydrogens is 441 g/mol. The molecule has 2 aromatic rings. The number of amides is 1. The van der Waals surface area contributed by atoms with Gasteiger partial charge >= 0.3 is 6.18 Å². The van der Waals surface area contributed by atoms with Crippen LogP contribution in [0.4, 0.5) is 13.2 Å². The summed E-state index contributed by atoms with van der Waals surface area (Å²) in [4.78, 5) is 17.0. The summed E-state index contributed by atoms with van der Waals surface area (Å²) in [5.74, 6) is 0.344. The molecule has 34 heavy (non-hydrogen) atoms. The van der Waals surface area contributed by atoms with Gasteiger partial charge in [-0.25, -0.2) is 0 Å². The fourth-order valence-electron chi connectivity index (χ4n) is 4.88. The summed E-state index contributed by atoms with van der Waals surface area (Å²) in [6, 6.07) is 13.8. The Morgan fingerprint density at radius 2 is 1.88 bits per heavy atom. The first-order valence-corrected chi connectivity index (χ1v) is 11.8. The van der Waals surface area contributed by atoms with E-state index in [2.05, 4.69) is 24.0 Å². The van der Waals surface area contributed by atoms with Crippen LogP contribution in [0.2, 0.25) is 0 Å². The molecule has 2 atom stereocenters. The number of hydrogen-bond acceptors (Lipinski definition) is 3. The zero-order valence-electron chi connectivity index (χ0n) is 20.4. The molecule has 3 rings (SSSR count). The van der Waals surface area contributed by atoms with Gasteiger partial charge in [-0.15, -0.1) is 0 Å². The van der Waals surface area contributed by atoms with Crippen molar-refractivity contribution in [3.8, 4) is 0 Å². The first kappa shape index (κ1) is 26.2. The van der Waals surface area contributed by atoms with Crippen molar-refractivity contribution in [2.24, 2.45) is 11.8 Å². The lowest BCUT2D eigenvalue weighted by atomic mass is 9.86. The minimum Gasteiger partial charge on any atom is -0.383 e. The number of halogens is 3. The van der Waals surface area contributed by atoms with Gasteiger partial charge in [0.05, 0.1) is 12.2 Å². The van der Waals surface area contributed by atoms with Gasteiger partial charge in [0.25, 0.3) is 0 Å². The van der Waals surface area contributed by atoms with Crippen LogP contribution in [-0.4, -0.2) is 55.6 Å². The average Bonchev–Trinajstić information content (AvgIpc) is 3.17. The Bertz CT molecular complexity index is 961. The molecule has 4 nitrogen and oxygen atoms in total. The van der Waals surface area contributed by atoms with Gasteiger partial charge in [0.2, 0.25) is 5.91 Å². The van der Waals surface area contributed by atoms with Gasteiger partial charge < -0.3 is 9.64 Å². The van der Waals surface area contributed by atoms with Crippen LogP contribution in [0.3, 0.4) is 0 Å². The van der Waals surface area contributed by atoms with E-state index in [1.807, 2.05) is 30.9 Å². The van der Waals surface area contributed by atoms with Crippen molar-refractivity contribution in [1.29, 1.82) is 0 Å². The second kappa shape index (κ2) is 11.4. The number of aryl methyl sites for hydroxylation is 1. The summed E-state index contributed by atoms with van der Waals surface area (Å²) in [6.07, 6.45) is -4.35. The zero-order valence-corrected chi connectivity index (χ0v) is 20.4. The van der Waals surface area contributed by atoms with Crippen LogP contribution in [0.25, 0.3) is 0 Å². The van der Waals surface area contributed by atoms with Gasteiger partial charge in [-0.3, -0.25) is 9.69 Å². The number of benzene rings is 2. The average molecular weight is 477 g/mol. The Morgan fingerprint density at radius 3 is 2.53 bits per heavy atom. The van der Waals surface area contributed by atoms with Crippen LogP contribution in [0.5, 0.6) is 0 Å². The molecule has 0 bridgehead atoms. The first-order valence-electron chi connectivity index (χ1n) is 11.8. The third-order valence-corrected chi connectivity index (χ3v) is 6.59. The maximum absolute atomic E-state index is 13.2. The summed E-state index contributed by atoms with van der Waals surface area (Å²) in [6.45, 7) is 9.36. The minimum atomic E-state index is -4.35. The van der Waals surface area contributed by atoms with Gasteiger partial charge in [0.1, 0.15) is 0 Å². The maximum Gasteiger partial charge on any atom is 0.416 e. The van der Waals surface area contributed by atoms with E-state index >= 15 is 0 Å². The molecule has 1 aliphatic rings. The quantitative estimate of drug-likeness (QED) is 0.489. The van der Waals surface area contributed by atoms with Crippen LogP contribution in [0, 0.1) is 18.8 Å². The Labute approximate surface area is 200 Å².